The fraction of sp³-hybridized carbons (Fsp3) is 0.636. The van der Waals surface area contributed by atoms with Gasteiger partial charge in [0.2, 0.25) is 0 Å². The van der Waals surface area contributed by atoms with Crippen molar-refractivity contribution in [3.05, 3.63) is 17.5 Å². The first-order chi connectivity index (χ1) is 6.92. The van der Waals surface area contributed by atoms with Gasteiger partial charge >= 0.3 is 0 Å². The third-order valence-electron chi connectivity index (χ3n) is 3.36. The normalized spacial score (nSPS) is 35.9. The molecule has 2 bridgehead atoms. The fourth-order valence-electron chi connectivity index (χ4n) is 2.52. The second-order valence-electron chi connectivity index (χ2n) is 4.23. The largest absolute Gasteiger partial charge is 0.479 e. The van der Waals surface area contributed by atoms with E-state index in [9.17, 15) is 0 Å². The van der Waals surface area contributed by atoms with E-state index in [-0.39, 0.29) is 0 Å². The summed E-state index contributed by atoms with van der Waals surface area (Å²) in [6.45, 7) is 3.71. The number of hydrogen-bond acceptors (Lipinski definition) is 3. The molecule has 1 atom stereocenters. The predicted molar refractivity (Wildman–Crippen MR) is 57.9 cm³/mol. The zero-order valence-electron chi connectivity index (χ0n) is 8.19. The Morgan fingerprint density at radius 1 is 1.36 bits per heavy atom. The molecule has 76 valence electrons. The summed E-state index contributed by atoms with van der Waals surface area (Å²) in [7, 11) is 0. The average Bonchev–Trinajstić information content (AvgIpc) is 2.72. The van der Waals surface area contributed by atoms with E-state index in [2.05, 4.69) is 22.4 Å². The summed E-state index contributed by atoms with van der Waals surface area (Å²) in [5, 5.41) is 3.17. The first-order valence-electron chi connectivity index (χ1n) is 5.34. The quantitative estimate of drug-likeness (QED) is 0.740. The van der Waals surface area contributed by atoms with E-state index < -0.39 is 0 Å². The highest BCUT2D eigenvalue weighted by Gasteiger charge is 2.35. The number of rotatable bonds is 2. The number of thiophene rings is 1. The summed E-state index contributed by atoms with van der Waals surface area (Å²) in [4.78, 5) is 2.53. The highest BCUT2D eigenvalue weighted by atomic mass is 32.1. The van der Waals surface area contributed by atoms with Crippen LogP contribution in [0.2, 0.25) is 0 Å². The molecule has 1 aromatic rings. The van der Waals surface area contributed by atoms with Gasteiger partial charge in [0.05, 0.1) is 0 Å². The molecule has 0 aromatic carbocycles. The highest BCUT2D eigenvalue weighted by molar-refractivity contribution is 7.11. The molecule has 0 unspecified atom stereocenters. The van der Waals surface area contributed by atoms with E-state index in [0.717, 1.165) is 17.5 Å². The van der Waals surface area contributed by atoms with Crippen molar-refractivity contribution >= 4 is 11.3 Å². The maximum Gasteiger partial charge on any atom is 0.174 e. The Bertz CT molecular complexity index is 290. The molecule has 3 saturated heterocycles. The smallest absolute Gasteiger partial charge is 0.174 e. The summed E-state index contributed by atoms with van der Waals surface area (Å²) in [6.07, 6.45) is 3.11. The van der Waals surface area contributed by atoms with Crippen LogP contribution in [0.1, 0.15) is 12.8 Å². The molecule has 3 heteroatoms. The van der Waals surface area contributed by atoms with Crippen molar-refractivity contribution in [3.63, 3.8) is 0 Å². The second kappa shape index (κ2) is 3.55. The van der Waals surface area contributed by atoms with Crippen LogP contribution in [0.5, 0.6) is 5.06 Å². The minimum absolute atomic E-state index is 0.455. The number of nitrogens with zero attached hydrogens (tertiary/aromatic N) is 1. The van der Waals surface area contributed by atoms with Crippen molar-refractivity contribution < 1.29 is 4.74 Å². The lowest BCUT2D eigenvalue weighted by molar-refractivity contribution is -0.00590. The second-order valence-corrected chi connectivity index (χ2v) is 5.14. The predicted octanol–water partition coefficient (Wildman–Crippen LogP) is 2.22. The molecule has 0 amide bonds. The molecule has 0 aliphatic carbocycles. The molecule has 14 heavy (non-hydrogen) atoms. The van der Waals surface area contributed by atoms with Crippen LogP contribution in [0.4, 0.5) is 0 Å². The van der Waals surface area contributed by atoms with Gasteiger partial charge in [-0.2, -0.15) is 0 Å². The Kier molecular flexibility index (Phi) is 2.22. The van der Waals surface area contributed by atoms with Gasteiger partial charge in [0.1, 0.15) is 6.10 Å². The van der Waals surface area contributed by atoms with Gasteiger partial charge in [-0.1, -0.05) is 0 Å². The Morgan fingerprint density at radius 2 is 2.21 bits per heavy atom. The first-order valence-corrected chi connectivity index (χ1v) is 6.22. The van der Waals surface area contributed by atoms with Gasteiger partial charge in [-0.25, -0.2) is 0 Å². The molecule has 0 N–H and O–H groups in total. The van der Waals surface area contributed by atoms with Crippen molar-refractivity contribution in [1.82, 2.24) is 4.90 Å². The molecule has 3 fully saturated rings. The minimum atomic E-state index is 0.455. The van der Waals surface area contributed by atoms with Crippen LogP contribution in [0.3, 0.4) is 0 Å². The number of fused-ring (bicyclic) bond motifs is 3. The lowest BCUT2D eigenvalue weighted by atomic mass is 9.86. The van der Waals surface area contributed by atoms with Gasteiger partial charge in [0.15, 0.2) is 5.06 Å². The van der Waals surface area contributed by atoms with Gasteiger partial charge in [-0.3, -0.25) is 4.90 Å². The van der Waals surface area contributed by atoms with E-state index in [1.807, 2.05) is 0 Å². The van der Waals surface area contributed by atoms with Crippen molar-refractivity contribution in [2.45, 2.75) is 18.9 Å². The van der Waals surface area contributed by atoms with Crippen LogP contribution >= 0.6 is 11.3 Å². The molecule has 0 spiro atoms. The van der Waals surface area contributed by atoms with E-state index in [0.29, 0.717) is 6.10 Å². The summed E-state index contributed by atoms with van der Waals surface area (Å²) in [6, 6.07) is 4.13. The van der Waals surface area contributed by atoms with Crippen molar-refractivity contribution in [1.29, 1.82) is 0 Å². The van der Waals surface area contributed by atoms with Crippen molar-refractivity contribution in [2.75, 3.05) is 19.6 Å². The zero-order valence-corrected chi connectivity index (χ0v) is 9.00. The van der Waals surface area contributed by atoms with Crippen LogP contribution in [0, 0.1) is 5.92 Å². The molecule has 0 saturated carbocycles. The molecule has 4 rings (SSSR count). The van der Waals surface area contributed by atoms with E-state index in [4.69, 9.17) is 4.74 Å². The van der Waals surface area contributed by atoms with Gasteiger partial charge in [-0.05, 0) is 49.4 Å². The van der Waals surface area contributed by atoms with Gasteiger partial charge < -0.3 is 4.74 Å². The third-order valence-corrected chi connectivity index (χ3v) is 4.12. The minimum Gasteiger partial charge on any atom is -0.479 e. The van der Waals surface area contributed by atoms with E-state index in [1.165, 1.54) is 25.9 Å². The van der Waals surface area contributed by atoms with E-state index >= 15 is 0 Å². The Balaban J connectivity index is 1.68. The van der Waals surface area contributed by atoms with Crippen LogP contribution < -0.4 is 4.74 Å². The topological polar surface area (TPSA) is 12.5 Å². The van der Waals surface area contributed by atoms with Crippen LogP contribution in [-0.2, 0) is 0 Å². The molecule has 3 aliphatic rings. The molecule has 4 heterocycles. The third kappa shape index (κ3) is 1.55. The highest BCUT2D eigenvalue weighted by Crippen LogP contribution is 2.31. The van der Waals surface area contributed by atoms with Crippen LogP contribution in [-0.4, -0.2) is 30.6 Å². The van der Waals surface area contributed by atoms with Crippen molar-refractivity contribution in [2.24, 2.45) is 5.92 Å². The van der Waals surface area contributed by atoms with Gasteiger partial charge in [0, 0.05) is 6.54 Å². The van der Waals surface area contributed by atoms with E-state index in [1.54, 1.807) is 11.3 Å². The number of ether oxygens (including phenoxy) is 1. The lowest BCUT2D eigenvalue weighted by Gasteiger charge is -2.44. The first kappa shape index (κ1) is 8.74. The summed E-state index contributed by atoms with van der Waals surface area (Å²) in [5.41, 5.74) is 0. The van der Waals surface area contributed by atoms with Crippen LogP contribution in [0.15, 0.2) is 17.5 Å². The van der Waals surface area contributed by atoms with Crippen LogP contribution in [0.25, 0.3) is 0 Å². The Morgan fingerprint density at radius 3 is 2.79 bits per heavy atom. The summed E-state index contributed by atoms with van der Waals surface area (Å²) in [5.74, 6) is 0.807. The molecule has 0 radical (unpaired) electrons. The van der Waals surface area contributed by atoms with Crippen molar-refractivity contribution in [3.8, 4) is 5.06 Å². The molecule has 2 nitrogen and oxygen atoms in total. The number of piperidine rings is 3. The summed E-state index contributed by atoms with van der Waals surface area (Å²) < 4.78 is 6.01. The van der Waals surface area contributed by atoms with Gasteiger partial charge in [0.25, 0.3) is 0 Å². The lowest BCUT2D eigenvalue weighted by Crippen LogP contribution is -2.52. The average molecular weight is 209 g/mol. The standard InChI is InChI=1S/C11H15NOS/c1-2-11(14-7-1)13-10-8-12-5-3-9(10)4-6-12/h1-2,7,9-10H,3-6,8H2/t10-/m0/s1. The SMILES string of the molecule is c1csc(O[C@H]2CN3CCC2CC3)c1. The molecular formula is C11H15NOS. The fourth-order valence-corrected chi connectivity index (χ4v) is 3.15. The molecular weight excluding hydrogens is 194 g/mol. The van der Waals surface area contributed by atoms with Gasteiger partial charge in [-0.15, -0.1) is 11.3 Å². The number of hydrogen-bond donors (Lipinski definition) is 0. The Hall–Kier alpha value is -0.540. The maximum atomic E-state index is 6.01. The monoisotopic (exact) mass is 209 g/mol. The Labute approximate surface area is 88.5 Å². The molecule has 3 aliphatic heterocycles. The zero-order chi connectivity index (χ0) is 9.38. The summed E-state index contributed by atoms with van der Waals surface area (Å²) >= 11 is 1.70. The maximum absolute atomic E-state index is 6.01. The molecule has 1 aromatic heterocycles.